The van der Waals surface area contributed by atoms with Gasteiger partial charge in [0.25, 0.3) is 0 Å². The molecule has 1 atom stereocenters. The third-order valence-corrected chi connectivity index (χ3v) is 3.85. The smallest absolute Gasteiger partial charge is 0.00876 e. The van der Waals surface area contributed by atoms with Crippen molar-refractivity contribution in [1.82, 2.24) is 5.32 Å². The Morgan fingerprint density at radius 3 is 2.21 bits per heavy atom. The van der Waals surface area contributed by atoms with Crippen LogP contribution in [0.3, 0.4) is 0 Å². The highest BCUT2D eigenvalue weighted by atomic mass is 14.9. The highest BCUT2D eigenvalue weighted by Crippen LogP contribution is 2.36. The molecule has 1 heteroatoms. The Morgan fingerprint density at radius 1 is 1.21 bits per heavy atom. The van der Waals surface area contributed by atoms with Gasteiger partial charge in [0, 0.05) is 12.6 Å². The molecule has 0 spiro atoms. The summed E-state index contributed by atoms with van der Waals surface area (Å²) in [5.41, 5.74) is 0.600. The van der Waals surface area contributed by atoms with Crippen LogP contribution in [0.25, 0.3) is 0 Å². The van der Waals surface area contributed by atoms with Crippen LogP contribution in [-0.2, 0) is 0 Å². The second-order valence-electron chi connectivity index (χ2n) is 5.66. The zero-order valence-electron chi connectivity index (χ0n) is 10.4. The van der Waals surface area contributed by atoms with Crippen molar-refractivity contribution in [2.45, 2.75) is 65.8 Å². The molecule has 0 bridgehead atoms. The average molecular weight is 197 g/mol. The van der Waals surface area contributed by atoms with E-state index >= 15 is 0 Å². The minimum absolute atomic E-state index is 0.600. The zero-order chi connectivity index (χ0) is 10.6. The van der Waals surface area contributed by atoms with Gasteiger partial charge in [-0.1, -0.05) is 40.5 Å². The van der Waals surface area contributed by atoms with Crippen LogP contribution < -0.4 is 5.32 Å². The van der Waals surface area contributed by atoms with Gasteiger partial charge in [0.05, 0.1) is 0 Å². The van der Waals surface area contributed by atoms with Gasteiger partial charge in [0.1, 0.15) is 0 Å². The average Bonchev–Trinajstić information content (AvgIpc) is 2.53. The van der Waals surface area contributed by atoms with Gasteiger partial charge in [-0.2, -0.15) is 0 Å². The fraction of sp³-hybridized carbons (Fsp3) is 1.00. The van der Waals surface area contributed by atoms with Crippen LogP contribution in [0.4, 0.5) is 0 Å². The molecule has 84 valence electrons. The van der Waals surface area contributed by atoms with E-state index in [9.17, 15) is 0 Å². The molecule has 1 nitrogen and oxygen atoms in total. The second kappa shape index (κ2) is 5.16. The van der Waals surface area contributed by atoms with Crippen LogP contribution >= 0.6 is 0 Å². The first-order chi connectivity index (χ1) is 6.57. The molecular formula is C13H27N. The molecule has 1 aliphatic carbocycles. The van der Waals surface area contributed by atoms with Gasteiger partial charge in [0.15, 0.2) is 0 Å². The van der Waals surface area contributed by atoms with Crippen molar-refractivity contribution in [3.63, 3.8) is 0 Å². The fourth-order valence-electron chi connectivity index (χ4n) is 2.63. The van der Waals surface area contributed by atoms with Crippen molar-refractivity contribution in [1.29, 1.82) is 0 Å². The quantitative estimate of drug-likeness (QED) is 0.710. The molecule has 1 N–H and O–H groups in total. The Labute approximate surface area is 89.7 Å². The Hall–Kier alpha value is -0.0400. The molecule has 14 heavy (non-hydrogen) atoms. The summed E-state index contributed by atoms with van der Waals surface area (Å²) in [5, 5.41) is 3.75. The van der Waals surface area contributed by atoms with Gasteiger partial charge in [0.2, 0.25) is 0 Å². The van der Waals surface area contributed by atoms with Crippen LogP contribution in [0.15, 0.2) is 0 Å². The van der Waals surface area contributed by atoms with Crippen LogP contribution in [0.5, 0.6) is 0 Å². The number of rotatable bonds is 5. The van der Waals surface area contributed by atoms with E-state index in [4.69, 9.17) is 0 Å². The molecule has 0 heterocycles. The van der Waals surface area contributed by atoms with E-state index in [0.717, 1.165) is 5.92 Å². The van der Waals surface area contributed by atoms with E-state index in [0.29, 0.717) is 11.5 Å². The van der Waals surface area contributed by atoms with E-state index in [2.05, 4.69) is 33.0 Å². The Kier molecular flexibility index (Phi) is 4.43. The van der Waals surface area contributed by atoms with Gasteiger partial charge in [-0.15, -0.1) is 0 Å². The molecule has 1 rings (SSSR count). The van der Waals surface area contributed by atoms with Gasteiger partial charge < -0.3 is 5.32 Å². The van der Waals surface area contributed by atoms with Gasteiger partial charge in [-0.25, -0.2) is 0 Å². The van der Waals surface area contributed by atoms with Crippen molar-refractivity contribution < 1.29 is 0 Å². The second-order valence-corrected chi connectivity index (χ2v) is 5.66. The molecule has 1 saturated carbocycles. The monoisotopic (exact) mass is 197 g/mol. The number of hydrogen-bond acceptors (Lipinski definition) is 1. The molecule has 0 saturated heterocycles. The van der Waals surface area contributed by atoms with Crippen molar-refractivity contribution in [2.75, 3.05) is 6.54 Å². The summed E-state index contributed by atoms with van der Waals surface area (Å²) in [6.45, 7) is 10.6. The summed E-state index contributed by atoms with van der Waals surface area (Å²) in [6, 6.07) is 0.715. The van der Waals surface area contributed by atoms with E-state index in [1.807, 2.05) is 0 Å². The van der Waals surface area contributed by atoms with Crippen molar-refractivity contribution >= 4 is 0 Å². The molecule has 0 amide bonds. The zero-order valence-corrected chi connectivity index (χ0v) is 10.4. The first kappa shape index (κ1) is 12.0. The molecule has 1 fully saturated rings. The Balaban J connectivity index is 2.30. The predicted molar refractivity (Wildman–Crippen MR) is 63.5 cm³/mol. The van der Waals surface area contributed by atoms with E-state index in [1.165, 1.54) is 38.6 Å². The van der Waals surface area contributed by atoms with E-state index in [-0.39, 0.29) is 0 Å². The van der Waals surface area contributed by atoms with Crippen LogP contribution in [0.1, 0.15) is 59.8 Å². The van der Waals surface area contributed by atoms with Gasteiger partial charge in [-0.05, 0) is 30.6 Å². The Bertz CT molecular complexity index is 157. The lowest BCUT2D eigenvalue weighted by Gasteiger charge is -2.29. The van der Waals surface area contributed by atoms with Crippen LogP contribution in [0.2, 0.25) is 0 Å². The van der Waals surface area contributed by atoms with E-state index < -0.39 is 0 Å². The Morgan fingerprint density at radius 2 is 1.79 bits per heavy atom. The lowest BCUT2D eigenvalue weighted by atomic mass is 9.88. The summed E-state index contributed by atoms with van der Waals surface area (Å²) >= 11 is 0. The number of hydrogen-bond donors (Lipinski definition) is 1. The summed E-state index contributed by atoms with van der Waals surface area (Å²) in [4.78, 5) is 0. The minimum atomic E-state index is 0.600. The topological polar surface area (TPSA) is 12.0 Å². The predicted octanol–water partition coefficient (Wildman–Crippen LogP) is 3.59. The molecule has 0 aromatic heterocycles. The summed E-state index contributed by atoms with van der Waals surface area (Å²) in [7, 11) is 0. The van der Waals surface area contributed by atoms with E-state index in [1.54, 1.807) is 0 Å². The molecule has 0 aromatic carbocycles. The molecule has 0 aliphatic heterocycles. The molecular weight excluding hydrogens is 170 g/mol. The normalized spacial score (nSPS) is 22.9. The first-order valence-corrected chi connectivity index (χ1v) is 6.31. The molecule has 1 aliphatic rings. The lowest BCUT2D eigenvalue weighted by molar-refractivity contribution is 0.272. The van der Waals surface area contributed by atoms with Crippen LogP contribution in [0, 0.1) is 11.3 Å². The largest absolute Gasteiger partial charge is 0.313 e. The highest BCUT2D eigenvalue weighted by Gasteiger charge is 2.29. The van der Waals surface area contributed by atoms with Gasteiger partial charge in [-0.3, -0.25) is 0 Å². The summed E-state index contributed by atoms with van der Waals surface area (Å²) < 4.78 is 0. The standard InChI is InChI=1S/C13H27N/c1-5-12(11(2)3)14-10-13(4)8-6-7-9-13/h11-12,14H,5-10H2,1-4H3. The highest BCUT2D eigenvalue weighted by molar-refractivity contribution is 4.84. The summed E-state index contributed by atoms with van der Waals surface area (Å²) in [5.74, 6) is 0.769. The van der Waals surface area contributed by atoms with Crippen molar-refractivity contribution in [3.05, 3.63) is 0 Å². The third kappa shape index (κ3) is 3.27. The molecule has 0 radical (unpaired) electrons. The SMILES string of the molecule is CCC(NCC1(C)CCCC1)C(C)C. The third-order valence-electron chi connectivity index (χ3n) is 3.85. The number of nitrogens with one attached hydrogen (secondary N) is 1. The first-order valence-electron chi connectivity index (χ1n) is 6.31. The maximum absolute atomic E-state index is 3.75. The maximum atomic E-state index is 3.75. The molecule has 0 aromatic rings. The van der Waals surface area contributed by atoms with Crippen molar-refractivity contribution in [2.24, 2.45) is 11.3 Å². The lowest BCUT2D eigenvalue weighted by Crippen LogP contribution is -2.39. The van der Waals surface area contributed by atoms with Crippen molar-refractivity contribution in [3.8, 4) is 0 Å². The van der Waals surface area contributed by atoms with Gasteiger partial charge >= 0.3 is 0 Å². The summed E-state index contributed by atoms with van der Waals surface area (Å²) in [6.07, 6.45) is 6.99. The maximum Gasteiger partial charge on any atom is 0.00876 e. The van der Waals surface area contributed by atoms with Crippen LogP contribution in [-0.4, -0.2) is 12.6 Å². The fourth-order valence-corrected chi connectivity index (χ4v) is 2.63. The molecule has 1 unspecified atom stereocenters. The minimum Gasteiger partial charge on any atom is -0.313 e.